The molecule has 1 aliphatic rings. The number of nitrogens with two attached hydrogens (primary N) is 1. The van der Waals surface area contributed by atoms with Crippen LogP contribution in [0.15, 0.2) is 27.1 Å². The minimum Gasteiger partial charge on any atom is -0.332 e. The van der Waals surface area contributed by atoms with E-state index in [0.717, 1.165) is 14.5 Å². The minimum atomic E-state index is -0.132. The van der Waals surface area contributed by atoms with Crippen LogP contribution in [0.25, 0.3) is 0 Å². The van der Waals surface area contributed by atoms with Crippen molar-refractivity contribution in [1.82, 2.24) is 4.90 Å². The zero-order valence-electron chi connectivity index (χ0n) is 10.4. The van der Waals surface area contributed by atoms with Crippen molar-refractivity contribution in [2.75, 3.05) is 0 Å². The molecule has 2 N–H and O–H groups in total. The number of nitrogens with zero attached hydrogens (tertiary/aromatic N) is 1. The van der Waals surface area contributed by atoms with Gasteiger partial charge in [0.05, 0.1) is 6.04 Å². The molecular formula is C13H16Br2N2O. The third kappa shape index (κ3) is 2.49. The van der Waals surface area contributed by atoms with Gasteiger partial charge in [-0.05, 0) is 63.4 Å². The van der Waals surface area contributed by atoms with E-state index in [4.69, 9.17) is 5.73 Å². The van der Waals surface area contributed by atoms with E-state index in [1.165, 1.54) is 0 Å². The topological polar surface area (TPSA) is 46.3 Å². The Balaban J connectivity index is 2.40. The fraction of sp³-hybridized carbons (Fsp3) is 0.462. The lowest BCUT2D eigenvalue weighted by Gasteiger charge is -2.31. The second-order valence-corrected chi connectivity index (χ2v) is 6.59. The van der Waals surface area contributed by atoms with Gasteiger partial charge in [-0.2, -0.15) is 0 Å². The van der Waals surface area contributed by atoms with Crippen molar-refractivity contribution in [3.8, 4) is 0 Å². The Bertz CT molecular complexity index is 476. The number of halogens is 2. The molecule has 2 rings (SSSR count). The molecule has 1 saturated heterocycles. The summed E-state index contributed by atoms with van der Waals surface area (Å²) in [5, 5.41) is 0. The van der Waals surface area contributed by atoms with E-state index < -0.39 is 0 Å². The van der Waals surface area contributed by atoms with Gasteiger partial charge in [0, 0.05) is 27.4 Å². The largest absolute Gasteiger partial charge is 0.332 e. The lowest BCUT2D eigenvalue weighted by atomic mass is 10.0. The van der Waals surface area contributed by atoms with Crippen LogP contribution in [0.5, 0.6) is 0 Å². The lowest BCUT2D eigenvalue weighted by Crippen LogP contribution is -2.37. The molecule has 98 valence electrons. The van der Waals surface area contributed by atoms with E-state index in [-0.39, 0.29) is 24.0 Å². The number of benzene rings is 1. The summed E-state index contributed by atoms with van der Waals surface area (Å²) in [5.41, 5.74) is 7.21. The number of carbonyl (C=O) groups is 1. The fourth-order valence-corrected chi connectivity index (χ4v) is 3.14. The molecule has 1 amide bonds. The normalized spacial score (nSPS) is 24.1. The Morgan fingerprint density at radius 1 is 1.33 bits per heavy atom. The first kappa shape index (κ1) is 14.0. The van der Waals surface area contributed by atoms with Gasteiger partial charge < -0.3 is 10.6 Å². The molecule has 2 atom stereocenters. The van der Waals surface area contributed by atoms with Crippen LogP contribution < -0.4 is 5.73 Å². The molecule has 1 heterocycles. The minimum absolute atomic E-state index is 0.0260. The van der Waals surface area contributed by atoms with Gasteiger partial charge >= 0.3 is 0 Å². The van der Waals surface area contributed by atoms with Crippen LogP contribution in [0.1, 0.15) is 31.9 Å². The van der Waals surface area contributed by atoms with Gasteiger partial charge in [-0.15, -0.1) is 0 Å². The number of likely N-dealkylation sites (tertiary alicyclic amines) is 1. The van der Waals surface area contributed by atoms with Crippen molar-refractivity contribution in [1.29, 1.82) is 0 Å². The number of hydrogen-bond acceptors (Lipinski definition) is 2. The first-order valence-corrected chi connectivity index (χ1v) is 7.52. The van der Waals surface area contributed by atoms with Crippen LogP contribution in [0.4, 0.5) is 0 Å². The molecule has 1 fully saturated rings. The zero-order valence-corrected chi connectivity index (χ0v) is 13.5. The molecule has 1 aromatic rings. The van der Waals surface area contributed by atoms with Crippen LogP contribution in [-0.4, -0.2) is 22.9 Å². The van der Waals surface area contributed by atoms with Crippen LogP contribution in [0.3, 0.4) is 0 Å². The first-order chi connectivity index (χ1) is 8.41. The Labute approximate surface area is 124 Å². The number of amides is 1. The highest BCUT2D eigenvalue weighted by atomic mass is 79.9. The molecule has 3 nitrogen and oxygen atoms in total. The van der Waals surface area contributed by atoms with Gasteiger partial charge in [-0.25, -0.2) is 0 Å². The van der Waals surface area contributed by atoms with Gasteiger partial charge in [-0.3, -0.25) is 4.79 Å². The Kier molecular flexibility index (Phi) is 4.14. The third-order valence-electron chi connectivity index (χ3n) is 3.25. The van der Waals surface area contributed by atoms with Crippen molar-refractivity contribution < 1.29 is 4.79 Å². The van der Waals surface area contributed by atoms with Crippen molar-refractivity contribution in [3.05, 3.63) is 32.7 Å². The van der Waals surface area contributed by atoms with Crippen LogP contribution in [-0.2, 0) is 4.79 Å². The summed E-state index contributed by atoms with van der Waals surface area (Å²) < 4.78 is 1.98. The summed E-state index contributed by atoms with van der Waals surface area (Å²) >= 11 is 6.94. The monoisotopic (exact) mass is 374 g/mol. The van der Waals surface area contributed by atoms with Crippen LogP contribution in [0.2, 0.25) is 0 Å². The maximum Gasteiger partial charge on any atom is 0.225 e. The van der Waals surface area contributed by atoms with Crippen molar-refractivity contribution in [2.24, 2.45) is 5.73 Å². The second-order valence-electron chi connectivity index (χ2n) is 4.88. The highest BCUT2D eigenvalue weighted by Gasteiger charge is 2.39. The van der Waals surface area contributed by atoms with E-state index >= 15 is 0 Å². The zero-order chi connectivity index (χ0) is 13.4. The fourth-order valence-electron chi connectivity index (χ4n) is 2.49. The molecule has 0 aliphatic carbocycles. The van der Waals surface area contributed by atoms with E-state index in [1.807, 2.05) is 36.9 Å². The molecule has 2 unspecified atom stereocenters. The molecule has 0 radical (unpaired) electrons. The van der Waals surface area contributed by atoms with Gasteiger partial charge in [-0.1, -0.05) is 6.07 Å². The summed E-state index contributed by atoms with van der Waals surface area (Å²) in [6.45, 7) is 4.05. The summed E-state index contributed by atoms with van der Waals surface area (Å²) in [4.78, 5) is 13.9. The number of carbonyl (C=O) groups excluding carboxylic acids is 1. The van der Waals surface area contributed by atoms with Crippen molar-refractivity contribution >= 4 is 37.8 Å². The van der Waals surface area contributed by atoms with E-state index in [9.17, 15) is 4.79 Å². The van der Waals surface area contributed by atoms with Crippen molar-refractivity contribution in [2.45, 2.75) is 38.4 Å². The van der Waals surface area contributed by atoms with Gasteiger partial charge in [0.25, 0.3) is 0 Å². The summed E-state index contributed by atoms with van der Waals surface area (Å²) in [6, 6.07) is 6.04. The molecule has 0 aromatic heterocycles. The summed E-state index contributed by atoms with van der Waals surface area (Å²) in [7, 11) is 0. The van der Waals surface area contributed by atoms with E-state index in [1.54, 1.807) is 0 Å². The highest BCUT2D eigenvalue weighted by Crippen LogP contribution is 2.36. The Morgan fingerprint density at radius 2 is 2.00 bits per heavy atom. The van der Waals surface area contributed by atoms with Gasteiger partial charge in [0.2, 0.25) is 5.91 Å². The molecule has 0 bridgehead atoms. The van der Waals surface area contributed by atoms with Crippen LogP contribution in [0, 0.1) is 0 Å². The van der Waals surface area contributed by atoms with Crippen molar-refractivity contribution in [3.63, 3.8) is 0 Å². The van der Waals surface area contributed by atoms with Crippen LogP contribution >= 0.6 is 31.9 Å². The molecule has 0 saturated carbocycles. The predicted molar refractivity (Wildman–Crippen MR) is 79.2 cm³/mol. The molecule has 5 heteroatoms. The summed E-state index contributed by atoms with van der Waals surface area (Å²) in [5.74, 6) is 0.140. The molecule has 1 aromatic carbocycles. The van der Waals surface area contributed by atoms with Gasteiger partial charge in [0.1, 0.15) is 0 Å². The smallest absolute Gasteiger partial charge is 0.225 e. The second kappa shape index (κ2) is 5.31. The summed E-state index contributed by atoms with van der Waals surface area (Å²) in [6.07, 6.45) is 0.427. The van der Waals surface area contributed by atoms with E-state index in [2.05, 4.69) is 31.9 Å². The SMILES string of the molecule is CC(C)N1C(=O)CC(N)C1c1ccc(Br)c(Br)c1. The maximum atomic E-state index is 12.0. The molecular weight excluding hydrogens is 360 g/mol. The third-order valence-corrected chi connectivity index (χ3v) is 5.12. The van der Waals surface area contributed by atoms with Gasteiger partial charge in [0.15, 0.2) is 0 Å². The highest BCUT2D eigenvalue weighted by molar-refractivity contribution is 9.13. The average Bonchev–Trinajstić information content (AvgIpc) is 2.57. The average molecular weight is 376 g/mol. The molecule has 18 heavy (non-hydrogen) atoms. The predicted octanol–water partition coefficient (Wildman–Crippen LogP) is 3.22. The quantitative estimate of drug-likeness (QED) is 0.862. The number of rotatable bonds is 2. The number of hydrogen-bond donors (Lipinski definition) is 1. The van der Waals surface area contributed by atoms with E-state index in [0.29, 0.717) is 6.42 Å². The molecule has 0 spiro atoms. The lowest BCUT2D eigenvalue weighted by molar-refractivity contribution is -0.130. The first-order valence-electron chi connectivity index (χ1n) is 5.93. The standard InChI is InChI=1S/C13H16Br2N2O/c1-7(2)17-12(18)6-11(16)13(17)8-3-4-9(14)10(15)5-8/h3-5,7,11,13H,6,16H2,1-2H3. The maximum absolute atomic E-state index is 12.0. The Hall–Kier alpha value is -0.390. The molecule has 1 aliphatic heterocycles. The Morgan fingerprint density at radius 3 is 2.56 bits per heavy atom.